The molecule has 3 aromatic carbocycles. The minimum absolute atomic E-state index is 0.128. The zero-order valence-corrected chi connectivity index (χ0v) is 14.5. The molecule has 1 amide bonds. The zero-order chi connectivity index (χ0) is 18.2. The maximum atomic E-state index is 12.5. The lowest BCUT2D eigenvalue weighted by Crippen LogP contribution is -2.41. The Labute approximate surface area is 152 Å². The summed E-state index contributed by atoms with van der Waals surface area (Å²) in [6, 6.07) is 26.5. The number of para-hydroxylation sites is 4. The SMILES string of the molecule is COc1ccccc1OCC(=O)NN(c1ccccc1)c1ccccc1. The molecule has 0 radical (unpaired) electrons. The van der Waals surface area contributed by atoms with Crippen LogP contribution in [0.3, 0.4) is 0 Å². The summed E-state index contributed by atoms with van der Waals surface area (Å²) in [4.78, 5) is 12.5. The maximum absolute atomic E-state index is 12.5. The van der Waals surface area contributed by atoms with Crippen LogP contribution in [0.4, 0.5) is 11.4 Å². The van der Waals surface area contributed by atoms with Gasteiger partial charge in [-0.3, -0.25) is 15.2 Å². The van der Waals surface area contributed by atoms with E-state index in [0.717, 1.165) is 11.4 Å². The second-order valence-corrected chi connectivity index (χ2v) is 5.48. The van der Waals surface area contributed by atoms with E-state index in [-0.39, 0.29) is 12.5 Å². The molecule has 0 aliphatic rings. The zero-order valence-electron chi connectivity index (χ0n) is 14.5. The fourth-order valence-electron chi connectivity index (χ4n) is 2.47. The first kappa shape index (κ1) is 17.4. The van der Waals surface area contributed by atoms with Crippen molar-refractivity contribution in [2.24, 2.45) is 0 Å². The molecule has 0 aromatic heterocycles. The number of hydrazine groups is 1. The lowest BCUT2D eigenvalue weighted by molar-refractivity contribution is -0.123. The average molecular weight is 348 g/mol. The fourth-order valence-corrected chi connectivity index (χ4v) is 2.47. The molecular formula is C21H20N2O3. The first-order chi connectivity index (χ1) is 12.8. The Hall–Kier alpha value is -3.47. The molecule has 3 rings (SSSR count). The summed E-state index contributed by atoms with van der Waals surface area (Å²) < 4.78 is 10.8. The van der Waals surface area contributed by atoms with E-state index >= 15 is 0 Å². The van der Waals surface area contributed by atoms with E-state index in [4.69, 9.17) is 9.47 Å². The van der Waals surface area contributed by atoms with Crippen LogP contribution < -0.4 is 19.9 Å². The quantitative estimate of drug-likeness (QED) is 0.657. The molecule has 0 unspecified atom stereocenters. The van der Waals surface area contributed by atoms with E-state index in [2.05, 4.69) is 5.43 Å². The Balaban J connectivity index is 1.72. The van der Waals surface area contributed by atoms with E-state index in [1.165, 1.54) is 0 Å². The Bertz CT molecular complexity index is 799. The van der Waals surface area contributed by atoms with E-state index in [0.29, 0.717) is 11.5 Å². The van der Waals surface area contributed by atoms with Crippen molar-refractivity contribution < 1.29 is 14.3 Å². The third-order valence-corrected chi connectivity index (χ3v) is 3.69. The van der Waals surface area contributed by atoms with Crippen LogP contribution >= 0.6 is 0 Å². The van der Waals surface area contributed by atoms with Gasteiger partial charge < -0.3 is 9.47 Å². The molecule has 0 atom stereocenters. The molecule has 0 spiro atoms. The summed E-state index contributed by atoms with van der Waals surface area (Å²) in [6.45, 7) is -0.128. The molecule has 0 heterocycles. The van der Waals surface area contributed by atoms with E-state index < -0.39 is 0 Å². The van der Waals surface area contributed by atoms with Crippen LogP contribution in [-0.2, 0) is 4.79 Å². The number of nitrogens with one attached hydrogen (secondary N) is 1. The van der Waals surface area contributed by atoms with Gasteiger partial charge in [-0.1, -0.05) is 48.5 Å². The van der Waals surface area contributed by atoms with E-state index in [9.17, 15) is 4.79 Å². The van der Waals surface area contributed by atoms with E-state index in [1.54, 1.807) is 24.3 Å². The molecular weight excluding hydrogens is 328 g/mol. The number of rotatable bonds is 7. The molecule has 5 nitrogen and oxygen atoms in total. The number of anilines is 2. The van der Waals surface area contributed by atoms with Gasteiger partial charge in [0, 0.05) is 0 Å². The van der Waals surface area contributed by atoms with Crippen LogP contribution in [0.15, 0.2) is 84.9 Å². The van der Waals surface area contributed by atoms with Gasteiger partial charge in [0.15, 0.2) is 18.1 Å². The van der Waals surface area contributed by atoms with Crippen LogP contribution in [0.5, 0.6) is 11.5 Å². The van der Waals surface area contributed by atoms with Gasteiger partial charge in [0.1, 0.15) is 0 Å². The second-order valence-electron chi connectivity index (χ2n) is 5.48. The number of carbonyl (C=O) groups excluding carboxylic acids is 1. The van der Waals surface area contributed by atoms with Crippen molar-refractivity contribution in [3.05, 3.63) is 84.9 Å². The predicted octanol–water partition coefficient (Wildman–Crippen LogP) is 3.94. The third-order valence-electron chi connectivity index (χ3n) is 3.69. The summed E-state index contributed by atoms with van der Waals surface area (Å²) >= 11 is 0. The highest BCUT2D eigenvalue weighted by Gasteiger charge is 2.13. The number of ether oxygens (including phenoxy) is 2. The van der Waals surface area contributed by atoms with Crippen LogP contribution in [0.1, 0.15) is 0 Å². The number of carbonyl (C=O) groups is 1. The van der Waals surface area contributed by atoms with Crippen molar-refractivity contribution in [3.63, 3.8) is 0 Å². The maximum Gasteiger partial charge on any atom is 0.276 e. The van der Waals surface area contributed by atoms with Gasteiger partial charge in [-0.15, -0.1) is 0 Å². The van der Waals surface area contributed by atoms with Crippen LogP contribution in [0.25, 0.3) is 0 Å². The molecule has 0 saturated heterocycles. The van der Waals surface area contributed by atoms with Gasteiger partial charge >= 0.3 is 0 Å². The van der Waals surface area contributed by atoms with Crippen molar-refractivity contribution >= 4 is 17.3 Å². The van der Waals surface area contributed by atoms with Gasteiger partial charge in [-0.05, 0) is 36.4 Å². The largest absolute Gasteiger partial charge is 0.493 e. The molecule has 5 heteroatoms. The standard InChI is InChI=1S/C21H20N2O3/c1-25-19-14-8-9-15-20(19)26-16-21(24)22-23(17-10-4-2-5-11-17)18-12-6-3-7-13-18/h2-15H,16H2,1H3,(H,22,24). The normalized spacial score (nSPS) is 10.0. The first-order valence-electron chi connectivity index (χ1n) is 8.23. The number of hydrogen-bond acceptors (Lipinski definition) is 4. The second kappa shape index (κ2) is 8.58. The summed E-state index contributed by atoms with van der Waals surface area (Å²) in [5.74, 6) is 0.836. The van der Waals surface area contributed by atoms with Crippen LogP contribution in [0, 0.1) is 0 Å². The Morgan fingerprint density at radius 2 is 1.31 bits per heavy atom. The van der Waals surface area contributed by atoms with E-state index in [1.807, 2.05) is 72.8 Å². The average Bonchev–Trinajstić information content (AvgIpc) is 2.72. The lowest BCUT2D eigenvalue weighted by Gasteiger charge is -2.25. The molecule has 1 N–H and O–H groups in total. The lowest BCUT2D eigenvalue weighted by atomic mass is 10.2. The highest BCUT2D eigenvalue weighted by Crippen LogP contribution is 2.26. The Morgan fingerprint density at radius 1 is 0.808 bits per heavy atom. The summed E-state index contributed by atoms with van der Waals surface area (Å²) in [5, 5.41) is 1.73. The Kier molecular flexibility index (Phi) is 5.72. The highest BCUT2D eigenvalue weighted by atomic mass is 16.5. The third kappa shape index (κ3) is 4.33. The summed E-state index contributed by atoms with van der Waals surface area (Å²) in [6.07, 6.45) is 0. The van der Waals surface area contributed by atoms with Gasteiger partial charge in [0.05, 0.1) is 18.5 Å². The number of benzene rings is 3. The van der Waals surface area contributed by atoms with Crippen molar-refractivity contribution in [1.29, 1.82) is 0 Å². The predicted molar refractivity (Wildman–Crippen MR) is 102 cm³/mol. The molecule has 0 saturated carbocycles. The monoisotopic (exact) mass is 348 g/mol. The molecule has 0 aliphatic carbocycles. The van der Waals surface area contributed by atoms with Gasteiger partial charge in [0.25, 0.3) is 5.91 Å². The van der Waals surface area contributed by atoms with Gasteiger partial charge in [-0.2, -0.15) is 0 Å². The van der Waals surface area contributed by atoms with Crippen LogP contribution in [-0.4, -0.2) is 19.6 Å². The first-order valence-corrected chi connectivity index (χ1v) is 8.23. The minimum atomic E-state index is -0.274. The van der Waals surface area contributed by atoms with Crippen molar-refractivity contribution in [2.45, 2.75) is 0 Å². The molecule has 0 bridgehead atoms. The summed E-state index contributed by atoms with van der Waals surface area (Å²) in [5.41, 5.74) is 4.59. The number of hydrogen-bond donors (Lipinski definition) is 1. The fraction of sp³-hybridized carbons (Fsp3) is 0.0952. The Morgan fingerprint density at radius 3 is 1.85 bits per heavy atom. The topological polar surface area (TPSA) is 50.8 Å². The molecule has 26 heavy (non-hydrogen) atoms. The van der Waals surface area contributed by atoms with Crippen molar-refractivity contribution in [2.75, 3.05) is 18.7 Å². The summed E-state index contributed by atoms with van der Waals surface area (Å²) in [7, 11) is 1.56. The van der Waals surface area contributed by atoms with Crippen LogP contribution in [0.2, 0.25) is 0 Å². The van der Waals surface area contributed by atoms with Crippen molar-refractivity contribution in [3.8, 4) is 11.5 Å². The van der Waals surface area contributed by atoms with Gasteiger partial charge in [0.2, 0.25) is 0 Å². The molecule has 132 valence electrons. The van der Waals surface area contributed by atoms with Crippen molar-refractivity contribution in [1.82, 2.24) is 5.43 Å². The smallest absolute Gasteiger partial charge is 0.276 e. The molecule has 0 fully saturated rings. The minimum Gasteiger partial charge on any atom is -0.493 e. The highest BCUT2D eigenvalue weighted by molar-refractivity contribution is 5.82. The molecule has 3 aromatic rings. The number of amides is 1. The molecule has 0 aliphatic heterocycles. The number of methoxy groups -OCH3 is 1. The van der Waals surface area contributed by atoms with Gasteiger partial charge in [-0.25, -0.2) is 0 Å². The number of nitrogens with zero attached hydrogens (tertiary/aromatic N) is 1.